The third-order valence-electron chi connectivity index (χ3n) is 16.1. The lowest BCUT2D eigenvalue weighted by atomic mass is 9.33. The molecule has 1 N–H and O–H groups in total. The number of fused-ring (bicyclic) bond motifs is 7. The second-order valence-corrected chi connectivity index (χ2v) is 18.1. The maximum Gasteiger partial charge on any atom is 0.419 e. The molecule has 270 valence electrons. The summed E-state index contributed by atoms with van der Waals surface area (Å²) >= 11 is 0. The molecule has 0 radical (unpaired) electrons. The third kappa shape index (κ3) is 4.76. The first-order valence-electron chi connectivity index (χ1n) is 18.8. The van der Waals surface area contributed by atoms with E-state index in [4.69, 9.17) is 0 Å². The lowest BCUT2D eigenvalue weighted by Crippen LogP contribution is -2.68. The molecule has 7 heteroatoms. The molecule has 4 saturated carbocycles. The molecule has 0 amide bonds. The molecule has 9 atom stereocenters. The number of aromatic carboxylic acids is 1. The van der Waals surface area contributed by atoms with Gasteiger partial charge in [0.05, 0.1) is 11.1 Å². The molecule has 1 aromatic carbocycles. The quantitative estimate of drug-likeness (QED) is 0.318. The first-order valence-corrected chi connectivity index (χ1v) is 18.8. The highest BCUT2D eigenvalue weighted by molar-refractivity contribution is 5.88. The fourth-order valence-electron chi connectivity index (χ4n) is 13.7. The Morgan fingerprint density at radius 3 is 2.26 bits per heavy atom. The molecule has 0 bridgehead atoms. The van der Waals surface area contributed by atoms with Crippen molar-refractivity contribution in [2.75, 3.05) is 11.9 Å². The van der Waals surface area contributed by atoms with Crippen LogP contribution in [0.1, 0.15) is 121 Å². The van der Waals surface area contributed by atoms with E-state index in [1.165, 1.54) is 23.9 Å². The highest BCUT2D eigenvalue weighted by atomic mass is 19.4. The van der Waals surface area contributed by atoms with Crippen LogP contribution in [0.4, 0.5) is 19.0 Å². The number of nitrogens with zero attached hydrogens (tertiary/aromatic N) is 2. The van der Waals surface area contributed by atoms with Gasteiger partial charge in [0.15, 0.2) is 0 Å². The largest absolute Gasteiger partial charge is 0.478 e. The van der Waals surface area contributed by atoms with Crippen molar-refractivity contribution in [3.05, 3.63) is 77.5 Å². The summed E-state index contributed by atoms with van der Waals surface area (Å²) in [6, 6.07) is 9.99. The molecular weight excluding hydrogens is 633 g/mol. The van der Waals surface area contributed by atoms with Gasteiger partial charge >= 0.3 is 12.1 Å². The van der Waals surface area contributed by atoms with Gasteiger partial charge in [-0.15, -0.1) is 0 Å². The van der Waals surface area contributed by atoms with E-state index in [0.29, 0.717) is 23.3 Å². The van der Waals surface area contributed by atoms with Crippen LogP contribution < -0.4 is 4.90 Å². The van der Waals surface area contributed by atoms with Crippen molar-refractivity contribution in [1.29, 1.82) is 0 Å². The fourth-order valence-corrected chi connectivity index (χ4v) is 13.7. The molecule has 1 heterocycles. The second-order valence-electron chi connectivity index (χ2n) is 18.1. The van der Waals surface area contributed by atoms with E-state index < -0.39 is 23.2 Å². The summed E-state index contributed by atoms with van der Waals surface area (Å²) in [4.78, 5) is 17.9. The molecule has 5 aliphatic carbocycles. The zero-order chi connectivity index (χ0) is 36.2. The van der Waals surface area contributed by atoms with Crippen LogP contribution in [0.2, 0.25) is 0 Å². The minimum atomic E-state index is -4.47. The molecule has 0 saturated heterocycles. The van der Waals surface area contributed by atoms with Gasteiger partial charge in [-0.25, -0.2) is 9.78 Å². The van der Waals surface area contributed by atoms with E-state index in [9.17, 15) is 23.1 Å². The lowest BCUT2D eigenvalue weighted by Gasteiger charge is -2.73. The van der Waals surface area contributed by atoms with E-state index in [1.807, 2.05) is 24.1 Å². The molecule has 0 unspecified atom stereocenters. The zero-order valence-corrected chi connectivity index (χ0v) is 31.0. The SMILES string of the molecule is C=C(C)[C@@H]1CC[C@]2(N(C)c3ncccc3C(F)(F)F)CC[C@]3(C)[C@H](CC[C@@H]4[C@@]5(C)CC=C(c6ccc(C(=O)O)cc6)C(C)(C)[C@@H]5CC[C@]43C)[C@@H]12. The van der Waals surface area contributed by atoms with Crippen LogP contribution in [0.15, 0.2) is 60.8 Å². The van der Waals surface area contributed by atoms with Gasteiger partial charge in [-0.2, -0.15) is 13.2 Å². The highest BCUT2D eigenvalue weighted by Crippen LogP contribution is 2.77. The van der Waals surface area contributed by atoms with E-state index >= 15 is 0 Å². The summed E-state index contributed by atoms with van der Waals surface area (Å²) in [5.74, 6) is 1.06. The number of halogens is 3. The lowest BCUT2D eigenvalue weighted by molar-refractivity contribution is -0.217. The number of alkyl halides is 3. The summed E-state index contributed by atoms with van der Waals surface area (Å²) in [6.07, 6.45) is 8.69. The van der Waals surface area contributed by atoms with Crippen molar-refractivity contribution in [3.63, 3.8) is 0 Å². The Hall–Kier alpha value is -3.09. The van der Waals surface area contributed by atoms with E-state index in [0.717, 1.165) is 68.9 Å². The van der Waals surface area contributed by atoms with Gasteiger partial charge in [0.2, 0.25) is 0 Å². The molecule has 2 aromatic rings. The topological polar surface area (TPSA) is 53.4 Å². The predicted molar refractivity (Wildman–Crippen MR) is 194 cm³/mol. The summed E-state index contributed by atoms with van der Waals surface area (Å²) in [7, 11) is 1.89. The Morgan fingerprint density at radius 1 is 0.920 bits per heavy atom. The monoisotopic (exact) mass is 688 g/mol. The molecule has 5 aliphatic rings. The van der Waals surface area contributed by atoms with Gasteiger partial charge in [-0.3, -0.25) is 0 Å². The van der Waals surface area contributed by atoms with Gasteiger partial charge < -0.3 is 10.0 Å². The number of hydrogen-bond acceptors (Lipinski definition) is 3. The summed E-state index contributed by atoms with van der Waals surface area (Å²) in [5, 5.41) is 9.47. The van der Waals surface area contributed by atoms with Crippen molar-refractivity contribution in [2.24, 2.45) is 51.2 Å². The van der Waals surface area contributed by atoms with Crippen molar-refractivity contribution in [1.82, 2.24) is 4.98 Å². The highest BCUT2D eigenvalue weighted by Gasteiger charge is 2.71. The van der Waals surface area contributed by atoms with Gasteiger partial charge in [-0.1, -0.05) is 65.0 Å². The fraction of sp³-hybridized carbons (Fsp3) is 0.628. The Morgan fingerprint density at radius 2 is 1.62 bits per heavy atom. The zero-order valence-electron chi connectivity index (χ0n) is 31.0. The molecule has 4 nitrogen and oxygen atoms in total. The van der Waals surface area contributed by atoms with Crippen molar-refractivity contribution >= 4 is 17.4 Å². The van der Waals surface area contributed by atoms with Gasteiger partial charge in [-0.05, 0) is 151 Å². The number of aromatic nitrogens is 1. The number of pyridine rings is 1. The van der Waals surface area contributed by atoms with Gasteiger partial charge in [0, 0.05) is 18.8 Å². The second kappa shape index (κ2) is 11.5. The Labute approximate surface area is 296 Å². The molecule has 1 aromatic heterocycles. The Bertz CT molecular complexity index is 1730. The normalized spacial score (nSPS) is 38.9. The van der Waals surface area contributed by atoms with Crippen LogP contribution in [-0.4, -0.2) is 28.6 Å². The number of carboxylic acids is 1. The summed E-state index contributed by atoms with van der Waals surface area (Å²) in [5.41, 5.74) is 3.07. The average Bonchev–Trinajstić information content (AvgIpc) is 3.45. The third-order valence-corrected chi connectivity index (χ3v) is 16.1. The van der Waals surface area contributed by atoms with Gasteiger partial charge in [0.1, 0.15) is 5.82 Å². The molecule has 50 heavy (non-hydrogen) atoms. The number of rotatable bonds is 5. The van der Waals surface area contributed by atoms with E-state index in [1.54, 1.807) is 12.1 Å². The van der Waals surface area contributed by atoms with Crippen LogP contribution in [-0.2, 0) is 6.18 Å². The molecule has 7 rings (SSSR count). The minimum absolute atomic E-state index is 0.0503. The van der Waals surface area contributed by atoms with Gasteiger partial charge in [0.25, 0.3) is 0 Å². The first kappa shape index (κ1) is 35.3. The number of benzene rings is 1. The number of hydrogen-bond donors (Lipinski definition) is 1. The predicted octanol–water partition coefficient (Wildman–Crippen LogP) is 11.3. The molecular formula is C43H55F3N2O2. The van der Waals surface area contributed by atoms with Crippen LogP contribution in [0.3, 0.4) is 0 Å². The molecule has 0 spiro atoms. The van der Waals surface area contributed by atoms with Crippen molar-refractivity contribution < 1.29 is 23.1 Å². The number of carboxylic acid groups (broad SMARTS) is 1. The Balaban J connectivity index is 1.26. The Kier molecular flexibility index (Phi) is 8.09. The standard InChI is InChI=1S/C43H55F3N2O2/c1-26(2)29-17-22-42(48(8)36-32(43(44,45)46)10-9-25-47-36)24-23-40(6)31(35(29)42)15-16-34-39(5)20-18-30(27-11-13-28(14-12-27)37(49)50)38(3,4)33(39)19-21-41(34,40)7/h9-14,18,25,29,31,33-35H,1,15-17,19-24H2,2-8H3,(H,49,50)/t29-,31+,33-,34+,35+,39-,40+,41+,42-/m0/s1. The summed E-state index contributed by atoms with van der Waals surface area (Å²) in [6.45, 7) is 19.1. The maximum atomic E-state index is 14.4. The number of allylic oxidation sites excluding steroid dienone is 3. The van der Waals surface area contributed by atoms with Crippen LogP contribution >= 0.6 is 0 Å². The van der Waals surface area contributed by atoms with Crippen LogP contribution in [0, 0.1) is 51.2 Å². The molecule has 4 fully saturated rings. The minimum Gasteiger partial charge on any atom is -0.478 e. The van der Waals surface area contributed by atoms with E-state index in [2.05, 4.69) is 59.2 Å². The summed E-state index contributed by atoms with van der Waals surface area (Å²) < 4.78 is 43.1. The number of anilines is 1. The van der Waals surface area contributed by atoms with Crippen molar-refractivity contribution in [3.8, 4) is 0 Å². The smallest absolute Gasteiger partial charge is 0.419 e. The first-order chi connectivity index (χ1) is 23.3. The van der Waals surface area contributed by atoms with E-state index in [-0.39, 0.29) is 39.3 Å². The maximum absolute atomic E-state index is 14.4. The van der Waals surface area contributed by atoms with Crippen molar-refractivity contribution in [2.45, 2.75) is 111 Å². The number of carbonyl (C=O) groups is 1. The van der Waals surface area contributed by atoms with Crippen LogP contribution in [0.25, 0.3) is 5.57 Å². The molecule has 0 aliphatic heterocycles. The average molecular weight is 689 g/mol. The van der Waals surface area contributed by atoms with Crippen LogP contribution in [0.5, 0.6) is 0 Å².